The topological polar surface area (TPSA) is 79.7 Å². The molecule has 0 aliphatic carbocycles. The van der Waals surface area contributed by atoms with E-state index < -0.39 is 0 Å². The first-order chi connectivity index (χ1) is 9.73. The first kappa shape index (κ1) is 14.2. The van der Waals surface area contributed by atoms with Crippen LogP contribution in [0.5, 0.6) is 17.2 Å². The van der Waals surface area contributed by atoms with E-state index in [1.807, 2.05) is 12.1 Å². The first-order valence-corrected chi connectivity index (χ1v) is 6.19. The zero-order valence-corrected chi connectivity index (χ0v) is 11.8. The lowest BCUT2D eigenvalue weighted by Crippen LogP contribution is -2.01. The fourth-order valence-corrected chi connectivity index (χ4v) is 1.93. The van der Waals surface area contributed by atoms with Crippen molar-refractivity contribution in [2.45, 2.75) is 6.42 Å². The van der Waals surface area contributed by atoms with Crippen LogP contribution in [0, 0.1) is 0 Å². The van der Waals surface area contributed by atoms with Crippen LogP contribution in [0.25, 0.3) is 11.3 Å². The average Bonchev–Trinajstić information content (AvgIpc) is 2.94. The van der Waals surface area contributed by atoms with Crippen molar-refractivity contribution in [2.24, 2.45) is 5.73 Å². The Bertz CT molecular complexity index is 581. The van der Waals surface area contributed by atoms with Gasteiger partial charge in [0.15, 0.2) is 11.5 Å². The lowest BCUT2D eigenvalue weighted by atomic mass is 10.1. The molecule has 0 saturated heterocycles. The van der Waals surface area contributed by atoms with Crippen molar-refractivity contribution < 1.29 is 18.7 Å². The highest BCUT2D eigenvalue weighted by atomic mass is 16.5. The molecule has 1 aromatic carbocycles. The van der Waals surface area contributed by atoms with Gasteiger partial charge in [-0.05, 0) is 12.6 Å². The lowest BCUT2D eigenvalue weighted by molar-refractivity contribution is 0.349. The summed E-state index contributed by atoms with van der Waals surface area (Å²) in [6.45, 7) is 0.512. The molecule has 2 aromatic rings. The molecule has 0 radical (unpaired) electrons. The summed E-state index contributed by atoms with van der Waals surface area (Å²) in [5.74, 6) is 2.57. The summed E-state index contributed by atoms with van der Waals surface area (Å²) in [5, 5.41) is 4.04. The predicted molar refractivity (Wildman–Crippen MR) is 74.4 cm³/mol. The third-order valence-electron chi connectivity index (χ3n) is 2.93. The summed E-state index contributed by atoms with van der Waals surface area (Å²) < 4.78 is 21.1. The van der Waals surface area contributed by atoms with E-state index in [4.69, 9.17) is 24.5 Å². The van der Waals surface area contributed by atoms with Gasteiger partial charge < -0.3 is 24.5 Å². The van der Waals surface area contributed by atoms with E-state index in [-0.39, 0.29) is 0 Å². The molecule has 1 aromatic heterocycles. The molecule has 1 heterocycles. The van der Waals surface area contributed by atoms with E-state index in [1.54, 1.807) is 27.4 Å². The zero-order chi connectivity index (χ0) is 14.5. The van der Waals surface area contributed by atoms with Crippen LogP contribution in [0.15, 0.2) is 22.7 Å². The van der Waals surface area contributed by atoms with Gasteiger partial charge in [-0.15, -0.1) is 0 Å². The first-order valence-electron chi connectivity index (χ1n) is 6.19. The van der Waals surface area contributed by atoms with Crippen molar-refractivity contribution in [3.63, 3.8) is 0 Å². The van der Waals surface area contributed by atoms with Crippen molar-refractivity contribution in [2.75, 3.05) is 27.9 Å². The summed E-state index contributed by atoms with van der Waals surface area (Å²) in [7, 11) is 4.74. The maximum Gasteiger partial charge on any atom is 0.164 e. The summed E-state index contributed by atoms with van der Waals surface area (Å²) in [4.78, 5) is 0. The van der Waals surface area contributed by atoms with Gasteiger partial charge in [0.25, 0.3) is 0 Å². The second-order valence-corrected chi connectivity index (χ2v) is 4.12. The number of ether oxygens (including phenoxy) is 3. The van der Waals surface area contributed by atoms with Crippen LogP contribution in [0.1, 0.15) is 5.76 Å². The Morgan fingerprint density at radius 2 is 1.65 bits per heavy atom. The lowest BCUT2D eigenvalue weighted by Gasteiger charge is -2.12. The molecule has 0 atom stereocenters. The van der Waals surface area contributed by atoms with Crippen molar-refractivity contribution in [1.82, 2.24) is 5.16 Å². The normalized spacial score (nSPS) is 10.4. The molecule has 2 rings (SSSR count). The molecule has 0 spiro atoms. The van der Waals surface area contributed by atoms with Gasteiger partial charge in [0.1, 0.15) is 17.2 Å². The van der Waals surface area contributed by atoms with E-state index in [1.165, 1.54) is 0 Å². The van der Waals surface area contributed by atoms with Crippen LogP contribution in [0.2, 0.25) is 0 Å². The van der Waals surface area contributed by atoms with Crippen LogP contribution < -0.4 is 19.9 Å². The number of nitrogens with two attached hydrogens (primary N) is 1. The van der Waals surface area contributed by atoms with Crippen LogP contribution in [0.4, 0.5) is 0 Å². The number of nitrogens with zero attached hydrogens (tertiary/aromatic N) is 1. The van der Waals surface area contributed by atoms with Crippen molar-refractivity contribution in [3.05, 3.63) is 24.0 Å². The van der Waals surface area contributed by atoms with Gasteiger partial charge >= 0.3 is 0 Å². The van der Waals surface area contributed by atoms with Gasteiger partial charge in [-0.25, -0.2) is 0 Å². The van der Waals surface area contributed by atoms with E-state index in [0.29, 0.717) is 35.9 Å². The summed E-state index contributed by atoms with van der Waals surface area (Å²) >= 11 is 0. The minimum Gasteiger partial charge on any atom is -0.496 e. The Balaban J connectivity index is 2.47. The number of hydrogen-bond acceptors (Lipinski definition) is 6. The van der Waals surface area contributed by atoms with Crippen molar-refractivity contribution >= 4 is 0 Å². The highest BCUT2D eigenvalue weighted by Crippen LogP contribution is 2.39. The number of aromatic nitrogens is 1. The largest absolute Gasteiger partial charge is 0.496 e. The van der Waals surface area contributed by atoms with E-state index in [0.717, 1.165) is 11.3 Å². The Labute approximate surface area is 117 Å². The molecule has 0 bridgehead atoms. The van der Waals surface area contributed by atoms with Crippen LogP contribution in [0.3, 0.4) is 0 Å². The highest BCUT2D eigenvalue weighted by Gasteiger charge is 2.16. The standard InChI is InChI=1S/C14H18N2O4/c1-17-12-8-14(19-3)13(18-2)7-10(12)11-6-9(4-5-15)20-16-11/h6-8H,4-5,15H2,1-3H3. The molecule has 0 unspecified atom stereocenters. The number of hydrogen-bond donors (Lipinski definition) is 1. The fourth-order valence-electron chi connectivity index (χ4n) is 1.93. The molecule has 0 saturated carbocycles. The van der Waals surface area contributed by atoms with Crippen LogP contribution in [-0.4, -0.2) is 33.0 Å². The molecular weight excluding hydrogens is 260 g/mol. The Hall–Kier alpha value is -2.21. The highest BCUT2D eigenvalue weighted by molar-refractivity contribution is 5.71. The smallest absolute Gasteiger partial charge is 0.164 e. The summed E-state index contributed by atoms with van der Waals surface area (Å²) in [6.07, 6.45) is 0.641. The second kappa shape index (κ2) is 6.29. The SMILES string of the molecule is COc1cc(OC)c(-c2cc(CCN)on2)cc1OC. The van der Waals surface area contributed by atoms with Gasteiger partial charge in [-0.3, -0.25) is 0 Å². The molecule has 2 N–H and O–H groups in total. The minimum absolute atomic E-state index is 0.512. The molecule has 6 heteroatoms. The molecule has 0 fully saturated rings. The number of rotatable bonds is 6. The average molecular weight is 278 g/mol. The third-order valence-corrected chi connectivity index (χ3v) is 2.93. The van der Waals surface area contributed by atoms with E-state index >= 15 is 0 Å². The fraction of sp³-hybridized carbons (Fsp3) is 0.357. The molecule has 0 amide bonds. The summed E-state index contributed by atoms with van der Waals surface area (Å²) in [5.41, 5.74) is 6.95. The van der Waals surface area contributed by atoms with Crippen LogP contribution in [-0.2, 0) is 6.42 Å². The molecular formula is C14H18N2O4. The minimum atomic E-state index is 0.512. The second-order valence-electron chi connectivity index (χ2n) is 4.12. The van der Waals surface area contributed by atoms with Gasteiger partial charge in [0.2, 0.25) is 0 Å². The maximum atomic E-state index is 5.50. The Morgan fingerprint density at radius 1 is 1.00 bits per heavy atom. The third kappa shape index (κ3) is 2.70. The van der Waals surface area contributed by atoms with Gasteiger partial charge in [0.05, 0.1) is 21.3 Å². The zero-order valence-electron chi connectivity index (χ0n) is 11.8. The van der Waals surface area contributed by atoms with E-state index in [9.17, 15) is 0 Å². The van der Waals surface area contributed by atoms with Gasteiger partial charge in [-0.2, -0.15) is 0 Å². The van der Waals surface area contributed by atoms with Gasteiger partial charge in [0, 0.05) is 24.1 Å². The van der Waals surface area contributed by atoms with Crippen LogP contribution >= 0.6 is 0 Å². The molecule has 6 nitrogen and oxygen atoms in total. The number of methoxy groups -OCH3 is 3. The monoisotopic (exact) mass is 278 g/mol. The quantitative estimate of drug-likeness (QED) is 0.869. The van der Waals surface area contributed by atoms with Crippen molar-refractivity contribution in [3.8, 4) is 28.5 Å². The Kier molecular flexibility index (Phi) is 4.47. The molecule has 0 aliphatic heterocycles. The summed E-state index contributed by atoms with van der Waals surface area (Å²) in [6, 6.07) is 5.41. The maximum absolute atomic E-state index is 5.50. The van der Waals surface area contributed by atoms with Crippen molar-refractivity contribution in [1.29, 1.82) is 0 Å². The number of benzene rings is 1. The molecule has 108 valence electrons. The predicted octanol–water partition coefficient (Wildman–Crippen LogP) is 1.87. The Morgan fingerprint density at radius 3 is 2.25 bits per heavy atom. The van der Waals surface area contributed by atoms with E-state index in [2.05, 4.69) is 5.16 Å². The molecule has 0 aliphatic rings. The molecule has 20 heavy (non-hydrogen) atoms. The van der Waals surface area contributed by atoms with Gasteiger partial charge in [-0.1, -0.05) is 5.16 Å².